The molecule has 5 nitrogen and oxygen atoms in total. The fraction of sp³-hybridized carbons (Fsp3) is 0.778. The highest BCUT2D eigenvalue weighted by Crippen LogP contribution is 2.36. The van der Waals surface area contributed by atoms with Crippen LogP contribution in [0.15, 0.2) is 0 Å². The topological polar surface area (TPSA) is 41.4 Å². The maximum absolute atomic E-state index is 13.6. The summed E-state index contributed by atoms with van der Waals surface area (Å²) >= 11 is 0. The zero-order chi connectivity index (χ0) is 19.1. The zero-order valence-corrected chi connectivity index (χ0v) is 15.6. The van der Waals surface area contributed by atoms with Crippen LogP contribution in [0.1, 0.15) is 67.3 Å². The summed E-state index contributed by atoms with van der Waals surface area (Å²) in [5.41, 5.74) is -0.943. The molecule has 2 aliphatic heterocycles. The quantitative estimate of drug-likeness (QED) is 0.816. The first-order valence-corrected chi connectivity index (χ1v) is 9.39. The molecule has 0 bridgehead atoms. The van der Waals surface area contributed by atoms with Gasteiger partial charge in [0.25, 0.3) is 5.91 Å². The number of hydrogen-bond donors (Lipinski definition) is 0. The van der Waals surface area contributed by atoms with E-state index in [4.69, 9.17) is 0 Å². The molecule has 2 saturated heterocycles. The molecule has 3 rings (SSSR count). The minimum absolute atomic E-state index is 0.0915. The van der Waals surface area contributed by atoms with Crippen LogP contribution in [0.3, 0.4) is 0 Å². The first-order chi connectivity index (χ1) is 12.2. The molecule has 1 amide bonds. The van der Waals surface area contributed by atoms with E-state index in [2.05, 4.69) is 23.8 Å². The van der Waals surface area contributed by atoms with Gasteiger partial charge in [0.15, 0.2) is 5.69 Å². The van der Waals surface area contributed by atoms with E-state index in [1.807, 2.05) is 0 Å². The maximum atomic E-state index is 13.6. The molecular weight excluding hydrogens is 345 g/mol. The smallest absolute Gasteiger partial charge is 0.339 e. The Morgan fingerprint density at radius 3 is 2.19 bits per heavy atom. The molecule has 3 heterocycles. The number of piperidine rings is 1. The molecule has 0 aromatic carbocycles. The third-order valence-electron chi connectivity index (χ3n) is 5.60. The second-order valence-corrected chi connectivity index (χ2v) is 7.61. The summed E-state index contributed by atoms with van der Waals surface area (Å²) in [6.45, 7) is 8.54. The maximum Gasteiger partial charge on any atom is 0.435 e. The fourth-order valence-electron chi connectivity index (χ4n) is 4.05. The van der Waals surface area contributed by atoms with Crippen LogP contribution in [0.2, 0.25) is 0 Å². The van der Waals surface area contributed by atoms with Crippen molar-refractivity contribution in [2.24, 2.45) is 0 Å². The Morgan fingerprint density at radius 1 is 1.12 bits per heavy atom. The first-order valence-electron chi connectivity index (χ1n) is 9.39. The van der Waals surface area contributed by atoms with Gasteiger partial charge >= 0.3 is 6.18 Å². The molecular formula is C18H27F3N4O. The lowest BCUT2D eigenvalue weighted by molar-refractivity contribution is -0.142. The Kier molecular flexibility index (Phi) is 5.33. The molecule has 8 heteroatoms. The molecule has 0 atom stereocenters. The average Bonchev–Trinajstić information content (AvgIpc) is 3.22. The van der Waals surface area contributed by atoms with E-state index in [0.717, 1.165) is 38.8 Å². The summed E-state index contributed by atoms with van der Waals surface area (Å²) in [7, 11) is 0. The summed E-state index contributed by atoms with van der Waals surface area (Å²) in [5.74, 6) is -0.529. The molecule has 1 aromatic rings. The summed E-state index contributed by atoms with van der Waals surface area (Å²) in [6, 6.07) is 0.332. The molecule has 0 aliphatic carbocycles. The van der Waals surface area contributed by atoms with E-state index in [1.54, 1.807) is 6.92 Å². The third kappa shape index (κ3) is 3.61. The lowest BCUT2D eigenvalue weighted by atomic mass is 10.0. The number of carbonyl (C=O) groups excluding carboxylic acids is 1. The SMILES string of the molecule is Cc1c(C(=O)N2CCCC2)c(C(F)(F)F)nn1C1CCN(C(C)C)CC1. The van der Waals surface area contributed by atoms with E-state index in [9.17, 15) is 18.0 Å². The van der Waals surface area contributed by atoms with Gasteiger partial charge in [-0.15, -0.1) is 0 Å². The van der Waals surface area contributed by atoms with Crippen molar-refractivity contribution in [3.05, 3.63) is 17.0 Å². The van der Waals surface area contributed by atoms with Gasteiger partial charge in [-0.2, -0.15) is 18.3 Å². The largest absolute Gasteiger partial charge is 0.435 e. The molecule has 146 valence electrons. The van der Waals surface area contributed by atoms with Crippen LogP contribution in [0.4, 0.5) is 13.2 Å². The normalized spacial score (nSPS) is 20.3. The number of likely N-dealkylation sites (tertiary alicyclic amines) is 2. The van der Waals surface area contributed by atoms with Crippen molar-refractivity contribution in [3.8, 4) is 0 Å². The number of hydrogen-bond acceptors (Lipinski definition) is 3. The van der Waals surface area contributed by atoms with Crippen LogP contribution in [0.25, 0.3) is 0 Å². The number of rotatable bonds is 3. The summed E-state index contributed by atoms with van der Waals surface area (Å²) in [6.07, 6.45) is -1.45. The molecule has 0 spiro atoms. The van der Waals surface area contributed by atoms with Crippen LogP contribution in [0, 0.1) is 6.92 Å². The third-order valence-corrected chi connectivity index (χ3v) is 5.60. The Bertz CT molecular complexity index is 654. The van der Waals surface area contributed by atoms with E-state index in [1.165, 1.54) is 9.58 Å². The summed E-state index contributed by atoms with van der Waals surface area (Å²) < 4.78 is 42.2. The number of amides is 1. The van der Waals surface area contributed by atoms with E-state index in [0.29, 0.717) is 24.8 Å². The predicted molar refractivity (Wildman–Crippen MR) is 92.1 cm³/mol. The Balaban J connectivity index is 1.91. The van der Waals surface area contributed by atoms with Crippen LogP contribution < -0.4 is 0 Å². The van der Waals surface area contributed by atoms with Crippen molar-refractivity contribution in [3.63, 3.8) is 0 Å². The molecule has 0 N–H and O–H groups in total. The van der Waals surface area contributed by atoms with Gasteiger partial charge in [0.1, 0.15) is 0 Å². The minimum Gasteiger partial charge on any atom is -0.339 e. The molecule has 0 radical (unpaired) electrons. The highest BCUT2D eigenvalue weighted by atomic mass is 19.4. The molecule has 26 heavy (non-hydrogen) atoms. The van der Waals surface area contributed by atoms with Crippen LogP contribution in [0.5, 0.6) is 0 Å². The number of nitrogens with zero attached hydrogens (tertiary/aromatic N) is 4. The summed E-state index contributed by atoms with van der Waals surface area (Å²) in [4.78, 5) is 16.6. The van der Waals surface area contributed by atoms with Crippen molar-refractivity contribution in [2.75, 3.05) is 26.2 Å². The Labute approximate surface area is 152 Å². The van der Waals surface area contributed by atoms with Crippen LogP contribution in [-0.4, -0.2) is 57.7 Å². The second kappa shape index (κ2) is 7.21. The highest BCUT2D eigenvalue weighted by Gasteiger charge is 2.43. The van der Waals surface area contributed by atoms with Gasteiger partial charge < -0.3 is 9.80 Å². The number of halogens is 3. The van der Waals surface area contributed by atoms with Crippen molar-refractivity contribution in [2.45, 2.75) is 64.7 Å². The van der Waals surface area contributed by atoms with Gasteiger partial charge in [-0.3, -0.25) is 9.48 Å². The Hall–Kier alpha value is -1.57. The van der Waals surface area contributed by atoms with Crippen molar-refractivity contribution in [1.82, 2.24) is 19.6 Å². The number of alkyl halides is 3. The fourth-order valence-corrected chi connectivity index (χ4v) is 4.05. The van der Waals surface area contributed by atoms with Crippen LogP contribution in [-0.2, 0) is 6.18 Å². The zero-order valence-electron chi connectivity index (χ0n) is 15.6. The van der Waals surface area contributed by atoms with E-state index < -0.39 is 17.8 Å². The van der Waals surface area contributed by atoms with Crippen molar-refractivity contribution < 1.29 is 18.0 Å². The van der Waals surface area contributed by atoms with Gasteiger partial charge in [0.05, 0.1) is 11.6 Å². The second-order valence-electron chi connectivity index (χ2n) is 7.61. The number of carbonyl (C=O) groups is 1. The predicted octanol–water partition coefficient (Wildman–Crippen LogP) is 3.49. The minimum atomic E-state index is -4.63. The summed E-state index contributed by atoms with van der Waals surface area (Å²) in [5, 5.41) is 3.89. The van der Waals surface area contributed by atoms with Gasteiger partial charge in [-0.05, 0) is 46.5 Å². The van der Waals surface area contributed by atoms with Gasteiger partial charge in [-0.25, -0.2) is 0 Å². The van der Waals surface area contributed by atoms with Crippen molar-refractivity contribution >= 4 is 5.91 Å². The first kappa shape index (κ1) is 19.2. The average molecular weight is 372 g/mol. The van der Waals surface area contributed by atoms with Crippen molar-refractivity contribution in [1.29, 1.82) is 0 Å². The monoisotopic (exact) mass is 372 g/mol. The Morgan fingerprint density at radius 2 is 1.69 bits per heavy atom. The lowest BCUT2D eigenvalue weighted by Crippen LogP contribution is -2.39. The standard InChI is InChI=1S/C18H27F3N4O/c1-12(2)23-10-6-14(7-11-23)25-13(3)15(16(22-25)18(19,20)21)17(26)24-8-4-5-9-24/h12,14H,4-11H2,1-3H3. The molecule has 2 aliphatic rings. The van der Waals surface area contributed by atoms with E-state index >= 15 is 0 Å². The van der Waals surface area contributed by atoms with Gasteiger partial charge in [0, 0.05) is 37.9 Å². The highest BCUT2D eigenvalue weighted by molar-refractivity contribution is 5.96. The molecule has 1 aromatic heterocycles. The van der Waals surface area contributed by atoms with Gasteiger partial charge in [0.2, 0.25) is 0 Å². The molecule has 0 unspecified atom stereocenters. The number of aromatic nitrogens is 2. The molecule has 2 fully saturated rings. The van der Waals surface area contributed by atoms with E-state index in [-0.39, 0.29) is 11.6 Å². The van der Waals surface area contributed by atoms with Crippen LogP contribution >= 0.6 is 0 Å². The molecule has 0 saturated carbocycles. The van der Waals surface area contributed by atoms with Gasteiger partial charge in [-0.1, -0.05) is 0 Å². The lowest BCUT2D eigenvalue weighted by Gasteiger charge is -2.35.